The van der Waals surface area contributed by atoms with Crippen LogP contribution in [0.25, 0.3) is 0 Å². The number of hydrogen-bond acceptors (Lipinski definition) is 2. The van der Waals surface area contributed by atoms with E-state index in [2.05, 4.69) is 51.5 Å². The standard InChI is InChI=1S/C13H16BrN3/c1-9-6-10(8-11(14)7-9)13(15-2)12-4-5-16-17(12)3/h4-8,13,15H,1-3H3. The molecular weight excluding hydrogens is 278 g/mol. The molecule has 0 aliphatic carbocycles. The largest absolute Gasteiger partial charge is 0.308 e. The Hall–Kier alpha value is -1.13. The molecule has 0 saturated carbocycles. The van der Waals surface area contributed by atoms with Crippen molar-refractivity contribution in [1.29, 1.82) is 0 Å². The highest BCUT2D eigenvalue weighted by Crippen LogP contribution is 2.25. The fourth-order valence-electron chi connectivity index (χ4n) is 2.08. The van der Waals surface area contributed by atoms with Crippen molar-refractivity contribution in [2.24, 2.45) is 7.05 Å². The van der Waals surface area contributed by atoms with Gasteiger partial charge in [-0.15, -0.1) is 0 Å². The van der Waals surface area contributed by atoms with Crippen molar-refractivity contribution >= 4 is 15.9 Å². The average molecular weight is 294 g/mol. The molecule has 0 fully saturated rings. The van der Waals surface area contributed by atoms with Crippen molar-refractivity contribution in [3.63, 3.8) is 0 Å². The molecule has 0 spiro atoms. The molecule has 0 aliphatic heterocycles. The monoisotopic (exact) mass is 293 g/mol. The predicted octanol–water partition coefficient (Wildman–Crippen LogP) is 2.80. The molecule has 1 N–H and O–H groups in total. The van der Waals surface area contributed by atoms with Gasteiger partial charge in [-0.2, -0.15) is 5.10 Å². The van der Waals surface area contributed by atoms with Crippen LogP contribution in [0.1, 0.15) is 22.9 Å². The average Bonchev–Trinajstić information content (AvgIpc) is 2.65. The Morgan fingerprint density at radius 1 is 1.35 bits per heavy atom. The van der Waals surface area contributed by atoms with Crippen molar-refractivity contribution in [2.45, 2.75) is 13.0 Å². The number of rotatable bonds is 3. The summed E-state index contributed by atoms with van der Waals surface area (Å²) in [6.07, 6.45) is 1.82. The van der Waals surface area contributed by atoms with Gasteiger partial charge in [0.2, 0.25) is 0 Å². The Kier molecular flexibility index (Phi) is 3.64. The summed E-state index contributed by atoms with van der Waals surface area (Å²) in [7, 11) is 3.93. The zero-order valence-electron chi connectivity index (χ0n) is 10.2. The third-order valence-corrected chi connectivity index (χ3v) is 3.30. The third-order valence-electron chi connectivity index (χ3n) is 2.84. The second kappa shape index (κ2) is 5.02. The van der Waals surface area contributed by atoms with Gasteiger partial charge < -0.3 is 5.32 Å². The zero-order valence-corrected chi connectivity index (χ0v) is 11.8. The molecule has 1 aromatic carbocycles. The molecule has 4 heteroatoms. The Morgan fingerprint density at radius 2 is 2.12 bits per heavy atom. The van der Waals surface area contributed by atoms with Gasteiger partial charge in [0.15, 0.2) is 0 Å². The highest BCUT2D eigenvalue weighted by atomic mass is 79.9. The predicted molar refractivity (Wildman–Crippen MR) is 73.0 cm³/mol. The molecule has 1 unspecified atom stereocenters. The van der Waals surface area contributed by atoms with E-state index in [1.807, 2.05) is 31.0 Å². The molecule has 1 heterocycles. The molecule has 2 rings (SSSR count). The summed E-state index contributed by atoms with van der Waals surface area (Å²) < 4.78 is 3.01. The van der Waals surface area contributed by atoms with Crippen molar-refractivity contribution in [2.75, 3.05) is 7.05 Å². The van der Waals surface area contributed by atoms with Gasteiger partial charge in [-0.1, -0.05) is 22.0 Å². The second-order valence-electron chi connectivity index (χ2n) is 4.16. The zero-order chi connectivity index (χ0) is 12.4. The van der Waals surface area contributed by atoms with Crippen LogP contribution >= 0.6 is 15.9 Å². The van der Waals surface area contributed by atoms with Crippen LogP contribution in [0.4, 0.5) is 0 Å². The fraction of sp³-hybridized carbons (Fsp3) is 0.308. The van der Waals surface area contributed by atoms with E-state index in [0.29, 0.717) is 0 Å². The highest BCUT2D eigenvalue weighted by Gasteiger charge is 2.15. The number of aryl methyl sites for hydroxylation is 2. The number of halogens is 1. The molecule has 1 aromatic heterocycles. The van der Waals surface area contributed by atoms with Gasteiger partial charge in [-0.05, 0) is 43.3 Å². The number of hydrogen-bond donors (Lipinski definition) is 1. The van der Waals surface area contributed by atoms with Gasteiger partial charge in [0, 0.05) is 17.7 Å². The lowest BCUT2D eigenvalue weighted by Crippen LogP contribution is -2.20. The van der Waals surface area contributed by atoms with E-state index in [1.165, 1.54) is 11.1 Å². The highest BCUT2D eigenvalue weighted by molar-refractivity contribution is 9.10. The maximum Gasteiger partial charge on any atom is 0.0746 e. The van der Waals surface area contributed by atoms with Crippen LogP contribution in [0.15, 0.2) is 34.9 Å². The maximum atomic E-state index is 4.22. The van der Waals surface area contributed by atoms with Crippen LogP contribution in [0, 0.1) is 6.92 Å². The van der Waals surface area contributed by atoms with Crippen molar-refractivity contribution in [3.8, 4) is 0 Å². The summed E-state index contributed by atoms with van der Waals surface area (Å²) in [5.41, 5.74) is 3.64. The number of nitrogens with zero attached hydrogens (tertiary/aromatic N) is 2. The summed E-state index contributed by atoms with van der Waals surface area (Å²) in [4.78, 5) is 0. The lowest BCUT2D eigenvalue weighted by Gasteiger charge is -2.18. The van der Waals surface area contributed by atoms with Crippen molar-refractivity contribution < 1.29 is 0 Å². The van der Waals surface area contributed by atoms with Crippen molar-refractivity contribution in [3.05, 3.63) is 51.8 Å². The smallest absolute Gasteiger partial charge is 0.0746 e. The summed E-state index contributed by atoms with van der Waals surface area (Å²) in [6, 6.07) is 8.65. The van der Waals surface area contributed by atoms with Gasteiger partial charge in [0.05, 0.1) is 11.7 Å². The van der Waals surface area contributed by atoms with Gasteiger partial charge in [0.25, 0.3) is 0 Å². The number of nitrogens with one attached hydrogen (secondary N) is 1. The number of benzene rings is 1. The molecule has 3 nitrogen and oxygen atoms in total. The van der Waals surface area contributed by atoms with Crippen LogP contribution < -0.4 is 5.32 Å². The van der Waals surface area contributed by atoms with Gasteiger partial charge >= 0.3 is 0 Å². The normalized spacial score (nSPS) is 12.7. The molecule has 0 aliphatic rings. The van der Waals surface area contributed by atoms with E-state index in [0.717, 1.165) is 10.2 Å². The van der Waals surface area contributed by atoms with Gasteiger partial charge in [0.1, 0.15) is 0 Å². The van der Waals surface area contributed by atoms with Gasteiger partial charge in [-0.3, -0.25) is 4.68 Å². The minimum atomic E-state index is 0.165. The van der Waals surface area contributed by atoms with E-state index < -0.39 is 0 Å². The quantitative estimate of drug-likeness (QED) is 0.943. The van der Waals surface area contributed by atoms with E-state index in [9.17, 15) is 0 Å². The topological polar surface area (TPSA) is 29.9 Å². The number of aromatic nitrogens is 2. The summed E-state index contributed by atoms with van der Waals surface area (Å²) in [5, 5.41) is 7.56. The first-order valence-electron chi connectivity index (χ1n) is 5.54. The molecule has 17 heavy (non-hydrogen) atoms. The Labute approximate surface area is 110 Å². The Balaban J connectivity index is 2.45. The van der Waals surface area contributed by atoms with Crippen LogP contribution in [-0.4, -0.2) is 16.8 Å². The lowest BCUT2D eigenvalue weighted by atomic mass is 10.0. The fourth-order valence-corrected chi connectivity index (χ4v) is 2.71. The summed E-state index contributed by atoms with van der Waals surface area (Å²) in [5.74, 6) is 0. The lowest BCUT2D eigenvalue weighted by molar-refractivity contribution is 0.605. The molecule has 0 amide bonds. The maximum absolute atomic E-state index is 4.22. The minimum absolute atomic E-state index is 0.165. The molecule has 0 radical (unpaired) electrons. The molecule has 0 bridgehead atoms. The first kappa shape index (κ1) is 12.3. The molecule has 1 atom stereocenters. The molecular formula is C13H16BrN3. The molecule has 2 aromatic rings. The summed E-state index contributed by atoms with van der Waals surface area (Å²) in [6.45, 7) is 2.10. The van der Waals surface area contributed by atoms with Crippen molar-refractivity contribution in [1.82, 2.24) is 15.1 Å². The van der Waals surface area contributed by atoms with Crippen LogP contribution in [0.5, 0.6) is 0 Å². The van der Waals surface area contributed by atoms with E-state index >= 15 is 0 Å². The second-order valence-corrected chi connectivity index (χ2v) is 5.08. The third kappa shape index (κ3) is 2.58. The summed E-state index contributed by atoms with van der Waals surface area (Å²) >= 11 is 3.54. The van der Waals surface area contributed by atoms with Crippen LogP contribution in [0.3, 0.4) is 0 Å². The van der Waals surface area contributed by atoms with Gasteiger partial charge in [-0.25, -0.2) is 0 Å². The first-order valence-corrected chi connectivity index (χ1v) is 6.33. The minimum Gasteiger partial charge on any atom is -0.308 e. The van der Waals surface area contributed by atoms with E-state index in [-0.39, 0.29) is 6.04 Å². The molecule has 0 saturated heterocycles. The van der Waals surface area contributed by atoms with Crippen LogP contribution in [-0.2, 0) is 7.05 Å². The first-order chi connectivity index (χ1) is 8.11. The van der Waals surface area contributed by atoms with E-state index in [1.54, 1.807) is 0 Å². The Bertz CT molecular complexity index is 499. The van der Waals surface area contributed by atoms with Crippen LogP contribution in [0.2, 0.25) is 0 Å². The molecule has 90 valence electrons. The SMILES string of the molecule is CNC(c1cc(C)cc(Br)c1)c1ccnn1C. The van der Waals surface area contributed by atoms with E-state index in [4.69, 9.17) is 0 Å². The Morgan fingerprint density at radius 3 is 2.65 bits per heavy atom.